The Morgan fingerprint density at radius 3 is 2.74 bits per heavy atom. The summed E-state index contributed by atoms with van der Waals surface area (Å²) in [7, 11) is 0. The summed E-state index contributed by atoms with van der Waals surface area (Å²) in [6.07, 6.45) is 1.82. The van der Waals surface area contributed by atoms with Crippen LogP contribution < -0.4 is 11.1 Å². The number of aromatic nitrogens is 1. The standard InChI is InChI=1S/C13H11BrClN3O/c14-9-6-11(13(15)17-7-9)18-12(19)5-8-1-3-10(16)4-2-8/h1-4,6-7H,5,16H2,(H,18,19). The number of nitrogens with two attached hydrogens (primary N) is 1. The molecule has 0 spiro atoms. The quantitative estimate of drug-likeness (QED) is 0.665. The summed E-state index contributed by atoms with van der Waals surface area (Å²) >= 11 is 9.18. The second kappa shape index (κ2) is 6.04. The number of pyridine rings is 1. The number of nitrogen functional groups attached to an aromatic ring is 1. The van der Waals surface area contributed by atoms with Gasteiger partial charge < -0.3 is 11.1 Å². The van der Waals surface area contributed by atoms with E-state index in [1.807, 2.05) is 12.1 Å². The highest BCUT2D eigenvalue weighted by Crippen LogP contribution is 2.23. The number of hydrogen-bond donors (Lipinski definition) is 2. The van der Waals surface area contributed by atoms with E-state index < -0.39 is 0 Å². The lowest BCUT2D eigenvalue weighted by molar-refractivity contribution is -0.115. The maximum Gasteiger partial charge on any atom is 0.228 e. The molecule has 0 aliphatic rings. The molecule has 1 aromatic heterocycles. The summed E-state index contributed by atoms with van der Waals surface area (Å²) in [5, 5.41) is 2.98. The van der Waals surface area contributed by atoms with Crippen molar-refractivity contribution in [1.82, 2.24) is 4.98 Å². The second-order valence-corrected chi connectivity index (χ2v) is 5.23. The maximum atomic E-state index is 11.9. The van der Waals surface area contributed by atoms with Gasteiger partial charge in [-0.3, -0.25) is 4.79 Å². The highest BCUT2D eigenvalue weighted by molar-refractivity contribution is 9.10. The molecule has 98 valence electrons. The van der Waals surface area contributed by atoms with Gasteiger partial charge in [-0.15, -0.1) is 0 Å². The lowest BCUT2D eigenvalue weighted by atomic mass is 10.1. The molecular weight excluding hydrogens is 330 g/mol. The van der Waals surface area contributed by atoms with Crippen molar-refractivity contribution < 1.29 is 4.79 Å². The third kappa shape index (κ3) is 3.94. The number of rotatable bonds is 3. The summed E-state index contributed by atoms with van der Waals surface area (Å²) in [5.74, 6) is -0.161. The predicted octanol–water partition coefficient (Wildman–Crippen LogP) is 3.26. The lowest BCUT2D eigenvalue weighted by Crippen LogP contribution is -2.15. The molecule has 1 heterocycles. The van der Waals surface area contributed by atoms with E-state index >= 15 is 0 Å². The first-order valence-electron chi connectivity index (χ1n) is 5.50. The van der Waals surface area contributed by atoms with Crippen LogP contribution in [0.1, 0.15) is 5.56 Å². The van der Waals surface area contributed by atoms with Crippen molar-refractivity contribution in [2.75, 3.05) is 11.1 Å². The third-order valence-corrected chi connectivity index (χ3v) is 3.16. The topological polar surface area (TPSA) is 68.0 Å². The van der Waals surface area contributed by atoms with E-state index in [0.717, 1.165) is 10.0 Å². The highest BCUT2D eigenvalue weighted by Gasteiger charge is 2.08. The van der Waals surface area contributed by atoms with Crippen molar-refractivity contribution in [3.05, 3.63) is 51.7 Å². The van der Waals surface area contributed by atoms with E-state index in [-0.39, 0.29) is 17.5 Å². The average molecular weight is 341 g/mol. The van der Waals surface area contributed by atoms with Gasteiger partial charge in [-0.25, -0.2) is 4.98 Å². The van der Waals surface area contributed by atoms with Crippen LogP contribution in [0.3, 0.4) is 0 Å². The van der Waals surface area contributed by atoms with Crippen LogP contribution in [0, 0.1) is 0 Å². The SMILES string of the molecule is Nc1ccc(CC(=O)Nc2cc(Br)cnc2Cl)cc1. The Labute approximate surface area is 124 Å². The molecule has 2 rings (SSSR count). The monoisotopic (exact) mass is 339 g/mol. The Morgan fingerprint density at radius 2 is 2.05 bits per heavy atom. The zero-order chi connectivity index (χ0) is 13.8. The van der Waals surface area contributed by atoms with Gasteiger partial charge in [0.05, 0.1) is 12.1 Å². The number of amides is 1. The van der Waals surface area contributed by atoms with Crippen LogP contribution >= 0.6 is 27.5 Å². The third-order valence-electron chi connectivity index (χ3n) is 2.42. The summed E-state index contributed by atoms with van der Waals surface area (Å²) in [6.45, 7) is 0. The van der Waals surface area contributed by atoms with E-state index in [9.17, 15) is 4.79 Å². The summed E-state index contributed by atoms with van der Waals surface area (Å²) in [4.78, 5) is 15.8. The first-order chi connectivity index (χ1) is 9.04. The molecule has 1 aromatic carbocycles. The largest absolute Gasteiger partial charge is 0.399 e. The normalized spacial score (nSPS) is 10.2. The molecular formula is C13H11BrClN3O. The minimum atomic E-state index is -0.161. The molecule has 0 saturated carbocycles. The Hall–Kier alpha value is -1.59. The van der Waals surface area contributed by atoms with E-state index in [1.54, 1.807) is 24.4 Å². The second-order valence-electron chi connectivity index (χ2n) is 3.96. The van der Waals surface area contributed by atoms with Crippen LogP contribution in [-0.2, 0) is 11.2 Å². The zero-order valence-corrected chi connectivity index (χ0v) is 12.2. The predicted molar refractivity (Wildman–Crippen MR) is 80.1 cm³/mol. The fourth-order valence-corrected chi connectivity index (χ4v) is 2.01. The average Bonchev–Trinajstić information content (AvgIpc) is 2.37. The Balaban J connectivity index is 2.05. The minimum absolute atomic E-state index is 0.161. The molecule has 0 bridgehead atoms. The molecule has 0 aliphatic carbocycles. The number of anilines is 2. The fourth-order valence-electron chi connectivity index (χ4n) is 1.53. The number of carbonyl (C=O) groups is 1. The minimum Gasteiger partial charge on any atom is -0.399 e. The van der Waals surface area contributed by atoms with Gasteiger partial charge in [0.25, 0.3) is 0 Å². The van der Waals surface area contributed by atoms with Crippen molar-refractivity contribution in [2.24, 2.45) is 0 Å². The molecule has 2 aromatic rings. The van der Waals surface area contributed by atoms with Gasteiger partial charge in [0.2, 0.25) is 5.91 Å². The lowest BCUT2D eigenvalue weighted by Gasteiger charge is -2.07. The highest BCUT2D eigenvalue weighted by atomic mass is 79.9. The number of nitrogens with one attached hydrogen (secondary N) is 1. The van der Waals surface area contributed by atoms with Gasteiger partial charge in [0.1, 0.15) is 0 Å². The molecule has 0 radical (unpaired) electrons. The van der Waals surface area contributed by atoms with E-state index in [1.165, 1.54) is 0 Å². The number of nitrogens with zero attached hydrogens (tertiary/aromatic N) is 1. The molecule has 1 amide bonds. The van der Waals surface area contributed by atoms with Crippen LogP contribution in [0.25, 0.3) is 0 Å². The van der Waals surface area contributed by atoms with Crippen molar-refractivity contribution in [3.8, 4) is 0 Å². The molecule has 0 atom stereocenters. The Kier molecular flexibility index (Phi) is 4.39. The van der Waals surface area contributed by atoms with Crippen molar-refractivity contribution >= 4 is 44.8 Å². The van der Waals surface area contributed by atoms with E-state index in [0.29, 0.717) is 11.4 Å². The molecule has 6 heteroatoms. The Bertz CT molecular complexity index is 601. The van der Waals surface area contributed by atoms with Gasteiger partial charge >= 0.3 is 0 Å². The van der Waals surface area contributed by atoms with Crippen LogP contribution in [0.15, 0.2) is 41.0 Å². The maximum absolute atomic E-state index is 11.9. The fraction of sp³-hybridized carbons (Fsp3) is 0.0769. The van der Waals surface area contributed by atoms with Gasteiger partial charge in [-0.2, -0.15) is 0 Å². The smallest absolute Gasteiger partial charge is 0.228 e. The summed E-state index contributed by atoms with van der Waals surface area (Å²) < 4.78 is 0.750. The molecule has 0 fully saturated rings. The number of halogens is 2. The zero-order valence-electron chi connectivity index (χ0n) is 9.86. The van der Waals surface area contributed by atoms with E-state index in [2.05, 4.69) is 26.2 Å². The molecule has 19 heavy (non-hydrogen) atoms. The first kappa shape index (κ1) is 13.8. The molecule has 4 nitrogen and oxygen atoms in total. The molecule has 3 N–H and O–H groups in total. The first-order valence-corrected chi connectivity index (χ1v) is 6.67. The summed E-state index contributed by atoms with van der Waals surface area (Å²) in [5.41, 5.74) is 7.62. The van der Waals surface area contributed by atoms with Gasteiger partial charge in [0.15, 0.2) is 5.15 Å². The van der Waals surface area contributed by atoms with Crippen LogP contribution in [0.2, 0.25) is 5.15 Å². The molecule has 0 saturated heterocycles. The molecule has 0 aliphatic heterocycles. The van der Waals surface area contributed by atoms with E-state index in [4.69, 9.17) is 17.3 Å². The van der Waals surface area contributed by atoms with Crippen LogP contribution in [0.4, 0.5) is 11.4 Å². The Morgan fingerprint density at radius 1 is 1.37 bits per heavy atom. The van der Waals surface area contributed by atoms with Gasteiger partial charge in [0, 0.05) is 16.4 Å². The van der Waals surface area contributed by atoms with Crippen LogP contribution in [0.5, 0.6) is 0 Å². The van der Waals surface area contributed by atoms with Crippen LogP contribution in [-0.4, -0.2) is 10.9 Å². The number of hydrogen-bond acceptors (Lipinski definition) is 3. The van der Waals surface area contributed by atoms with Gasteiger partial charge in [-0.05, 0) is 39.7 Å². The number of carbonyl (C=O) groups excluding carboxylic acids is 1. The number of benzene rings is 1. The van der Waals surface area contributed by atoms with Crippen molar-refractivity contribution in [3.63, 3.8) is 0 Å². The molecule has 0 unspecified atom stereocenters. The van der Waals surface area contributed by atoms with Crippen molar-refractivity contribution in [2.45, 2.75) is 6.42 Å². The summed E-state index contributed by atoms with van der Waals surface area (Å²) in [6, 6.07) is 8.86. The van der Waals surface area contributed by atoms with Crippen molar-refractivity contribution in [1.29, 1.82) is 0 Å². The van der Waals surface area contributed by atoms with Gasteiger partial charge in [-0.1, -0.05) is 23.7 Å².